The highest BCUT2D eigenvalue weighted by molar-refractivity contribution is 8.14. The van der Waals surface area contributed by atoms with Crippen molar-refractivity contribution in [3.63, 3.8) is 0 Å². The minimum atomic E-state index is -0.130. The van der Waals surface area contributed by atoms with Crippen molar-refractivity contribution in [1.82, 2.24) is 15.2 Å². The molecule has 0 bridgehead atoms. The van der Waals surface area contributed by atoms with Gasteiger partial charge in [0, 0.05) is 11.3 Å². The highest BCUT2D eigenvalue weighted by Crippen LogP contribution is 2.24. The number of aromatic amines is 1. The summed E-state index contributed by atoms with van der Waals surface area (Å²) in [6.07, 6.45) is 0. The van der Waals surface area contributed by atoms with Crippen LogP contribution in [0.25, 0.3) is 16.9 Å². The first-order chi connectivity index (χ1) is 15.3. The molecule has 0 radical (unpaired) electrons. The Morgan fingerprint density at radius 2 is 1.52 bits per heavy atom. The van der Waals surface area contributed by atoms with Gasteiger partial charge < -0.3 is 0 Å². The molecule has 0 amide bonds. The Balaban J connectivity index is 1.56. The molecule has 0 fully saturated rings. The average Bonchev–Trinajstić information content (AvgIpc) is 3.18. The molecule has 152 valence electrons. The molecule has 0 spiro atoms. The number of aromatic nitrogens is 2. The fourth-order valence-electron chi connectivity index (χ4n) is 3.40. The number of para-hydroxylation sites is 2. The quantitative estimate of drug-likeness (QED) is 0.503. The van der Waals surface area contributed by atoms with E-state index in [2.05, 4.69) is 20.6 Å². The molecule has 0 unspecified atom stereocenters. The third-order valence-electron chi connectivity index (χ3n) is 4.87. The lowest BCUT2D eigenvalue weighted by atomic mass is 10.1. The van der Waals surface area contributed by atoms with Gasteiger partial charge in [-0.1, -0.05) is 78.5 Å². The summed E-state index contributed by atoms with van der Waals surface area (Å²) in [6, 6.07) is 29.1. The molecule has 31 heavy (non-hydrogen) atoms. The van der Waals surface area contributed by atoms with Crippen molar-refractivity contribution in [3.8, 4) is 16.9 Å². The number of nitrogens with zero attached hydrogens (tertiary/aromatic N) is 3. The Bertz CT molecular complexity index is 1310. The van der Waals surface area contributed by atoms with Crippen LogP contribution in [0.1, 0.15) is 5.56 Å². The zero-order valence-corrected chi connectivity index (χ0v) is 17.3. The lowest BCUT2D eigenvalue weighted by Gasteiger charge is -2.14. The highest BCUT2D eigenvalue weighted by Gasteiger charge is 2.24. The molecule has 5 rings (SSSR count). The van der Waals surface area contributed by atoms with Gasteiger partial charge in [-0.25, -0.2) is 9.67 Å². The number of amidine groups is 1. The van der Waals surface area contributed by atoms with Gasteiger partial charge in [0.2, 0.25) is 0 Å². The van der Waals surface area contributed by atoms with Crippen LogP contribution in [0.3, 0.4) is 0 Å². The second-order valence-corrected chi connectivity index (χ2v) is 7.88. The Hall–Kier alpha value is -3.84. The molecule has 2 N–H and O–H groups in total. The number of benzene rings is 3. The van der Waals surface area contributed by atoms with E-state index >= 15 is 0 Å². The van der Waals surface area contributed by atoms with Gasteiger partial charge in [0.15, 0.2) is 5.17 Å². The fourth-order valence-corrected chi connectivity index (χ4v) is 4.16. The smallest absolute Gasteiger partial charge is 0.281 e. The molecule has 3 aromatic carbocycles. The first-order valence-corrected chi connectivity index (χ1v) is 10.8. The zero-order chi connectivity index (χ0) is 21.0. The molecule has 0 saturated heterocycles. The number of hydrazone groups is 1. The maximum absolute atomic E-state index is 13.4. The van der Waals surface area contributed by atoms with Crippen LogP contribution in [-0.2, 0) is 0 Å². The lowest BCUT2D eigenvalue weighted by Crippen LogP contribution is -2.29. The van der Waals surface area contributed by atoms with E-state index in [0.717, 1.165) is 22.6 Å². The molecule has 1 aliphatic heterocycles. The third-order valence-corrected chi connectivity index (χ3v) is 5.75. The molecule has 1 aliphatic rings. The van der Waals surface area contributed by atoms with Crippen LogP contribution in [0.15, 0.2) is 106 Å². The van der Waals surface area contributed by atoms with E-state index in [1.165, 1.54) is 11.8 Å². The van der Waals surface area contributed by atoms with Crippen LogP contribution >= 0.6 is 11.8 Å². The third kappa shape index (κ3) is 3.95. The SMILES string of the molecule is O=c1c(C2=NNC(=Nc3ccccc3)SC2)c(-c2ccccc2)[nH]n1-c1ccccc1. The largest absolute Gasteiger partial charge is 0.290 e. The van der Waals surface area contributed by atoms with Crippen molar-refractivity contribution in [2.24, 2.45) is 10.1 Å². The van der Waals surface area contributed by atoms with Gasteiger partial charge in [-0.3, -0.25) is 15.3 Å². The molecule has 4 aromatic rings. The first kappa shape index (κ1) is 19.1. The number of H-pyrrole nitrogens is 1. The second kappa shape index (κ2) is 8.49. The Labute approximate surface area is 183 Å². The van der Waals surface area contributed by atoms with Crippen LogP contribution in [0.5, 0.6) is 0 Å². The monoisotopic (exact) mass is 425 g/mol. The minimum absolute atomic E-state index is 0.130. The van der Waals surface area contributed by atoms with Gasteiger partial charge in [-0.15, -0.1) is 0 Å². The van der Waals surface area contributed by atoms with Gasteiger partial charge in [0.05, 0.1) is 28.3 Å². The predicted molar refractivity (Wildman–Crippen MR) is 127 cm³/mol. The van der Waals surface area contributed by atoms with Gasteiger partial charge in [-0.05, 0) is 24.3 Å². The Kier molecular flexibility index (Phi) is 5.24. The molecule has 2 heterocycles. The molecular formula is C24H19N5OS. The van der Waals surface area contributed by atoms with E-state index in [9.17, 15) is 4.79 Å². The van der Waals surface area contributed by atoms with E-state index in [4.69, 9.17) is 0 Å². The molecule has 0 aliphatic carbocycles. The molecule has 6 nitrogen and oxygen atoms in total. The van der Waals surface area contributed by atoms with Crippen molar-refractivity contribution in [1.29, 1.82) is 0 Å². The van der Waals surface area contributed by atoms with E-state index in [0.29, 0.717) is 22.2 Å². The molecule has 7 heteroatoms. The van der Waals surface area contributed by atoms with Crippen LogP contribution in [0.4, 0.5) is 5.69 Å². The predicted octanol–water partition coefficient (Wildman–Crippen LogP) is 4.56. The van der Waals surface area contributed by atoms with Gasteiger partial charge in [0.1, 0.15) is 0 Å². The number of aliphatic imine (C=N–C) groups is 1. The standard InChI is InChI=1S/C24H19N5OS/c30-23-21(20-16-31-24(27-26-20)25-18-12-6-2-7-13-18)22(17-10-4-1-5-11-17)28-29(23)19-14-8-3-9-15-19/h1-15,28H,16H2,(H,25,27). The van der Waals surface area contributed by atoms with Crippen molar-refractivity contribution in [2.75, 3.05) is 5.75 Å². The summed E-state index contributed by atoms with van der Waals surface area (Å²) >= 11 is 1.52. The number of rotatable bonds is 4. The topological polar surface area (TPSA) is 74.5 Å². The van der Waals surface area contributed by atoms with E-state index < -0.39 is 0 Å². The zero-order valence-electron chi connectivity index (χ0n) is 16.5. The van der Waals surface area contributed by atoms with Crippen LogP contribution in [-0.4, -0.2) is 26.4 Å². The molecular weight excluding hydrogens is 406 g/mol. The van der Waals surface area contributed by atoms with E-state index in [1.54, 1.807) is 4.68 Å². The lowest BCUT2D eigenvalue weighted by molar-refractivity contribution is 0.852. The summed E-state index contributed by atoms with van der Waals surface area (Å²) in [7, 11) is 0. The maximum Gasteiger partial charge on any atom is 0.281 e. The van der Waals surface area contributed by atoms with E-state index in [-0.39, 0.29) is 5.56 Å². The molecule has 1 aromatic heterocycles. The van der Waals surface area contributed by atoms with Crippen LogP contribution < -0.4 is 11.0 Å². The van der Waals surface area contributed by atoms with Crippen LogP contribution in [0, 0.1) is 0 Å². The average molecular weight is 426 g/mol. The Morgan fingerprint density at radius 3 is 2.16 bits per heavy atom. The van der Waals surface area contributed by atoms with Crippen molar-refractivity contribution < 1.29 is 0 Å². The highest BCUT2D eigenvalue weighted by atomic mass is 32.2. The summed E-state index contributed by atoms with van der Waals surface area (Å²) in [6.45, 7) is 0. The summed E-state index contributed by atoms with van der Waals surface area (Å²) in [4.78, 5) is 18.0. The summed E-state index contributed by atoms with van der Waals surface area (Å²) < 4.78 is 1.57. The van der Waals surface area contributed by atoms with Gasteiger partial charge in [0.25, 0.3) is 5.56 Å². The fraction of sp³-hybridized carbons (Fsp3) is 0.0417. The summed E-state index contributed by atoms with van der Waals surface area (Å²) in [5.74, 6) is 0.542. The molecule has 0 saturated carbocycles. The van der Waals surface area contributed by atoms with E-state index in [1.807, 2.05) is 91.0 Å². The Morgan fingerprint density at radius 1 is 0.871 bits per heavy atom. The van der Waals surface area contributed by atoms with Gasteiger partial charge in [-0.2, -0.15) is 5.10 Å². The minimum Gasteiger partial charge on any atom is -0.290 e. The number of thioether (sulfide) groups is 1. The summed E-state index contributed by atoms with van der Waals surface area (Å²) in [5, 5.41) is 8.50. The number of nitrogens with one attached hydrogen (secondary N) is 2. The van der Waals surface area contributed by atoms with Gasteiger partial charge >= 0.3 is 0 Å². The number of hydrogen-bond acceptors (Lipinski definition) is 4. The van der Waals surface area contributed by atoms with Crippen molar-refractivity contribution in [3.05, 3.63) is 107 Å². The second-order valence-electron chi connectivity index (χ2n) is 6.92. The molecule has 0 atom stereocenters. The van der Waals surface area contributed by atoms with Crippen molar-refractivity contribution in [2.45, 2.75) is 0 Å². The first-order valence-electron chi connectivity index (χ1n) is 9.85. The van der Waals surface area contributed by atoms with Crippen molar-refractivity contribution >= 4 is 28.3 Å². The van der Waals surface area contributed by atoms with Crippen LogP contribution in [0.2, 0.25) is 0 Å². The normalized spacial score (nSPS) is 14.8. The summed E-state index contributed by atoms with van der Waals surface area (Å²) in [5.41, 5.74) is 7.44. The number of hydrogen-bond donors (Lipinski definition) is 2. The maximum atomic E-state index is 13.4.